The molecule has 0 unspecified atom stereocenters. The molecule has 3 rings (SSSR count). The SMILES string of the molecule is COc1cc(CNc2cccc(NC(=O)CC(C)C)c2)cc(Cl)c1OCc1ccc(F)cc1Cl. The number of benzene rings is 3. The van der Waals surface area contributed by atoms with Crippen molar-refractivity contribution in [2.75, 3.05) is 17.7 Å². The number of rotatable bonds is 10. The van der Waals surface area contributed by atoms with Crippen molar-refractivity contribution in [3.05, 3.63) is 81.6 Å². The van der Waals surface area contributed by atoms with Crippen LogP contribution in [0.5, 0.6) is 11.5 Å². The number of nitrogens with one attached hydrogen (secondary N) is 2. The van der Waals surface area contributed by atoms with Crippen LogP contribution in [0.3, 0.4) is 0 Å². The van der Waals surface area contributed by atoms with Crippen LogP contribution in [0.2, 0.25) is 10.0 Å². The van der Waals surface area contributed by atoms with E-state index in [-0.39, 0.29) is 17.5 Å². The van der Waals surface area contributed by atoms with E-state index in [0.29, 0.717) is 41.0 Å². The molecule has 8 heteroatoms. The summed E-state index contributed by atoms with van der Waals surface area (Å²) in [6.45, 7) is 4.60. The summed E-state index contributed by atoms with van der Waals surface area (Å²) in [5.41, 5.74) is 3.09. The number of halogens is 3. The maximum absolute atomic E-state index is 13.3. The predicted molar refractivity (Wildman–Crippen MR) is 136 cm³/mol. The number of carbonyl (C=O) groups is 1. The third-order valence-corrected chi connectivity index (χ3v) is 5.55. The van der Waals surface area contributed by atoms with Crippen LogP contribution in [0.25, 0.3) is 0 Å². The molecule has 2 N–H and O–H groups in total. The number of anilines is 2. The van der Waals surface area contributed by atoms with E-state index in [1.807, 2.05) is 44.2 Å². The van der Waals surface area contributed by atoms with Gasteiger partial charge in [0.05, 0.1) is 17.2 Å². The molecule has 0 spiro atoms. The summed E-state index contributed by atoms with van der Waals surface area (Å²) >= 11 is 12.6. The van der Waals surface area contributed by atoms with Gasteiger partial charge < -0.3 is 20.1 Å². The number of methoxy groups -OCH3 is 1. The summed E-state index contributed by atoms with van der Waals surface area (Å²) in [6, 6.07) is 15.3. The zero-order chi connectivity index (χ0) is 24.7. The van der Waals surface area contributed by atoms with Gasteiger partial charge in [0, 0.05) is 29.9 Å². The first kappa shape index (κ1) is 25.7. The van der Waals surface area contributed by atoms with Crippen LogP contribution < -0.4 is 20.1 Å². The average Bonchev–Trinajstić information content (AvgIpc) is 2.77. The monoisotopic (exact) mass is 504 g/mol. The lowest BCUT2D eigenvalue weighted by Crippen LogP contribution is -2.13. The second-order valence-corrected chi connectivity index (χ2v) is 9.03. The van der Waals surface area contributed by atoms with Crippen LogP contribution in [0, 0.1) is 11.7 Å². The van der Waals surface area contributed by atoms with Crippen molar-refractivity contribution >= 4 is 40.5 Å². The fourth-order valence-corrected chi connectivity index (χ4v) is 3.81. The Bertz CT molecular complexity index is 1150. The van der Waals surface area contributed by atoms with Crippen LogP contribution >= 0.6 is 23.2 Å². The maximum atomic E-state index is 13.3. The summed E-state index contributed by atoms with van der Waals surface area (Å²) in [6.07, 6.45) is 0.470. The first-order valence-electron chi connectivity index (χ1n) is 10.8. The zero-order valence-corrected chi connectivity index (χ0v) is 20.8. The van der Waals surface area contributed by atoms with E-state index in [0.717, 1.165) is 16.9 Å². The highest BCUT2D eigenvalue weighted by molar-refractivity contribution is 6.32. The average molecular weight is 505 g/mol. The fraction of sp³-hybridized carbons (Fsp3) is 0.269. The van der Waals surface area contributed by atoms with Gasteiger partial charge in [0.1, 0.15) is 12.4 Å². The Kier molecular flexibility index (Phi) is 9.02. The molecule has 0 radical (unpaired) electrons. The minimum Gasteiger partial charge on any atom is -0.493 e. The van der Waals surface area contributed by atoms with Gasteiger partial charge in [0.25, 0.3) is 0 Å². The fourth-order valence-electron chi connectivity index (χ4n) is 3.30. The molecule has 0 aliphatic heterocycles. The Morgan fingerprint density at radius 3 is 2.50 bits per heavy atom. The lowest BCUT2D eigenvalue weighted by Gasteiger charge is -2.16. The van der Waals surface area contributed by atoms with Gasteiger partial charge in [-0.3, -0.25) is 4.79 Å². The van der Waals surface area contributed by atoms with Crippen LogP contribution in [0.1, 0.15) is 31.4 Å². The van der Waals surface area contributed by atoms with E-state index in [2.05, 4.69) is 10.6 Å². The molecule has 1 amide bonds. The van der Waals surface area contributed by atoms with Crippen LogP contribution in [0.15, 0.2) is 54.6 Å². The number of hydrogen-bond acceptors (Lipinski definition) is 4. The molecule has 0 atom stereocenters. The Balaban J connectivity index is 1.66. The topological polar surface area (TPSA) is 59.6 Å². The highest BCUT2D eigenvalue weighted by Crippen LogP contribution is 2.37. The van der Waals surface area contributed by atoms with Crippen molar-refractivity contribution in [3.63, 3.8) is 0 Å². The van der Waals surface area contributed by atoms with Gasteiger partial charge in [-0.25, -0.2) is 4.39 Å². The largest absolute Gasteiger partial charge is 0.493 e. The third kappa shape index (κ3) is 7.27. The standard InChI is InChI=1S/C26H27Cl2FN2O3/c1-16(2)9-25(32)31-21-6-4-5-20(13-21)30-14-17-10-23(28)26(24(11-17)33-3)34-15-18-7-8-19(29)12-22(18)27/h4-8,10-13,16,30H,9,14-15H2,1-3H3,(H,31,32). The minimum absolute atomic E-state index is 0.0128. The Hall–Kier alpha value is -2.96. The van der Waals surface area contributed by atoms with Crippen molar-refractivity contribution < 1.29 is 18.7 Å². The van der Waals surface area contributed by atoms with E-state index < -0.39 is 5.82 Å². The van der Waals surface area contributed by atoms with Crippen molar-refractivity contribution in [1.82, 2.24) is 0 Å². The van der Waals surface area contributed by atoms with Crippen LogP contribution in [-0.4, -0.2) is 13.0 Å². The van der Waals surface area contributed by atoms with Crippen molar-refractivity contribution in [2.45, 2.75) is 33.4 Å². The number of hydrogen-bond donors (Lipinski definition) is 2. The summed E-state index contributed by atoms with van der Waals surface area (Å²) < 4.78 is 24.6. The van der Waals surface area contributed by atoms with Gasteiger partial charge in [-0.2, -0.15) is 0 Å². The maximum Gasteiger partial charge on any atom is 0.224 e. The molecule has 3 aromatic carbocycles. The minimum atomic E-state index is -0.412. The highest BCUT2D eigenvalue weighted by atomic mass is 35.5. The molecule has 0 saturated heterocycles. The second kappa shape index (κ2) is 12.0. The molecule has 0 aromatic heterocycles. The quantitative estimate of drug-likeness (QED) is 0.303. The number of amides is 1. The van der Waals surface area contributed by atoms with Gasteiger partial charge >= 0.3 is 0 Å². The van der Waals surface area contributed by atoms with E-state index in [4.69, 9.17) is 32.7 Å². The number of ether oxygens (including phenoxy) is 2. The van der Waals surface area contributed by atoms with Gasteiger partial charge in [-0.15, -0.1) is 0 Å². The van der Waals surface area contributed by atoms with Crippen molar-refractivity contribution in [2.24, 2.45) is 5.92 Å². The molecular weight excluding hydrogens is 478 g/mol. The zero-order valence-electron chi connectivity index (χ0n) is 19.3. The van der Waals surface area contributed by atoms with Crippen LogP contribution in [-0.2, 0) is 17.9 Å². The van der Waals surface area contributed by atoms with Gasteiger partial charge in [0.2, 0.25) is 5.91 Å². The summed E-state index contributed by atoms with van der Waals surface area (Å²) in [5, 5.41) is 6.89. The molecule has 0 saturated carbocycles. The third-order valence-electron chi connectivity index (χ3n) is 4.91. The van der Waals surface area contributed by atoms with Gasteiger partial charge in [-0.05, 0) is 53.9 Å². The summed E-state index contributed by atoms with van der Waals surface area (Å²) in [7, 11) is 1.53. The Morgan fingerprint density at radius 1 is 1.03 bits per heavy atom. The molecule has 3 aromatic rings. The van der Waals surface area contributed by atoms with Crippen LogP contribution in [0.4, 0.5) is 15.8 Å². The van der Waals surface area contributed by atoms with E-state index in [9.17, 15) is 9.18 Å². The normalized spacial score (nSPS) is 10.8. The Morgan fingerprint density at radius 2 is 1.79 bits per heavy atom. The molecule has 0 aliphatic rings. The molecule has 180 valence electrons. The second-order valence-electron chi connectivity index (χ2n) is 8.21. The smallest absolute Gasteiger partial charge is 0.224 e. The first-order chi connectivity index (χ1) is 16.2. The van der Waals surface area contributed by atoms with Crippen molar-refractivity contribution in [3.8, 4) is 11.5 Å². The lowest BCUT2D eigenvalue weighted by molar-refractivity contribution is -0.116. The van der Waals surface area contributed by atoms with E-state index >= 15 is 0 Å². The molecule has 0 bridgehead atoms. The van der Waals surface area contributed by atoms with Gasteiger partial charge in [0.15, 0.2) is 11.5 Å². The van der Waals surface area contributed by atoms with Gasteiger partial charge in [-0.1, -0.05) is 49.2 Å². The molecule has 34 heavy (non-hydrogen) atoms. The summed E-state index contributed by atoms with van der Waals surface area (Å²) in [4.78, 5) is 12.0. The van der Waals surface area contributed by atoms with E-state index in [1.165, 1.54) is 19.2 Å². The molecule has 5 nitrogen and oxygen atoms in total. The predicted octanol–water partition coefficient (Wildman–Crippen LogP) is 7.32. The first-order valence-corrected chi connectivity index (χ1v) is 11.6. The molecular formula is C26H27Cl2FN2O3. The number of carbonyl (C=O) groups excluding carboxylic acids is 1. The Labute approximate surface area is 209 Å². The van der Waals surface area contributed by atoms with E-state index in [1.54, 1.807) is 12.1 Å². The molecule has 0 fully saturated rings. The highest BCUT2D eigenvalue weighted by Gasteiger charge is 2.14. The lowest BCUT2D eigenvalue weighted by atomic mass is 10.1. The molecule has 0 heterocycles. The summed E-state index contributed by atoms with van der Waals surface area (Å²) in [5.74, 6) is 0.715. The molecule has 0 aliphatic carbocycles. The van der Waals surface area contributed by atoms with Crippen molar-refractivity contribution in [1.29, 1.82) is 0 Å².